The van der Waals surface area contributed by atoms with Crippen molar-refractivity contribution in [2.45, 2.75) is 101 Å². The van der Waals surface area contributed by atoms with Gasteiger partial charge in [-0.15, -0.1) is 5.10 Å². The van der Waals surface area contributed by atoms with Gasteiger partial charge in [-0.3, -0.25) is 9.52 Å². The first kappa shape index (κ1) is 40.6. The zero-order valence-corrected chi connectivity index (χ0v) is 32.8. The molecule has 0 radical (unpaired) electrons. The number of halogens is 4. The molecular formula is C35H47B2ClF3N7O4S. The van der Waals surface area contributed by atoms with E-state index < -0.39 is 28.3 Å². The summed E-state index contributed by atoms with van der Waals surface area (Å²) < 4.78 is 56.3. The minimum absolute atomic E-state index is 0.0366. The molecule has 1 aliphatic carbocycles. The third-order valence-corrected chi connectivity index (χ3v) is 11.1. The highest BCUT2D eigenvalue weighted by atomic mass is 35.5. The molecule has 2 aliphatic rings. The molecule has 18 heteroatoms. The number of pyridine rings is 2. The lowest BCUT2D eigenvalue weighted by Crippen LogP contribution is -2.45. The highest BCUT2D eigenvalue weighted by Gasteiger charge is 2.69. The van der Waals surface area contributed by atoms with E-state index in [4.69, 9.17) is 21.1 Å². The maximum atomic E-state index is 13.6. The number of nitrogens with one attached hydrogen (secondary N) is 2. The van der Waals surface area contributed by atoms with Crippen LogP contribution in [0.4, 0.5) is 23.8 Å². The van der Waals surface area contributed by atoms with Gasteiger partial charge in [0.25, 0.3) is 5.91 Å². The van der Waals surface area contributed by atoms with Gasteiger partial charge in [0.15, 0.2) is 5.82 Å². The first-order chi connectivity index (χ1) is 24.7. The Morgan fingerprint density at radius 2 is 1.83 bits per heavy atom. The molecule has 1 saturated carbocycles. The summed E-state index contributed by atoms with van der Waals surface area (Å²) in [5, 5.41) is 7.24. The smallest absolute Gasteiger partial charge is 0.410 e. The molecule has 0 aromatic carbocycles. The molecule has 286 valence electrons. The van der Waals surface area contributed by atoms with Crippen LogP contribution in [-0.2, 0) is 4.74 Å². The highest BCUT2D eigenvalue weighted by Crippen LogP contribution is 2.69. The molecule has 3 aromatic rings. The molecule has 0 spiro atoms. The number of likely N-dealkylation sites (tertiary alicyclic amines) is 1. The van der Waals surface area contributed by atoms with E-state index in [0.29, 0.717) is 35.7 Å². The first-order valence-electron chi connectivity index (χ1n) is 17.8. The summed E-state index contributed by atoms with van der Waals surface area (Å²) in [4.78, 5) is 36.4. The van der Waals surface area contributed by atoms with E-state index in [1.54, 1.807) is 40.1 Å². The van der Waals surface area contributed by atoms with E-state index in [1.807, 2.05) is 37.8 Å². The number of nitrogens with zero attached hydrogens (tertiary/aromatic N) is 5. The first-order valence-corrected chi connectivity index (χ1v) is 19.0. The van der Waals surface area contributed by atoms with Gasteiger partial charge in [-0.25, -0.2) is 19.4 Å². The highest BCUT2D eigenvalue weighted by molar-refractivity contribution is 7.97. The standard InChI is InChI=1S/C35H47B2ClF3N7O4S/c1-31(2,3)52-30(50)47-21-22(20-32(47,4)5)8-7-17-42-24-9-6-10-27(43-24)53-46-29(49)23-11-12-25(44-28(23)38)48-18-13-26(45-48)51-19-16-34(36,37)33(14-15-33)35(39,40)41/h6,9-13,18,22H,7-8,14-17,19-21,36-37H2,1-5H3,(H,42,43)(H,46,49). The predicted octanol–water partition coefficient (Wildman–Crippen LogP) is 6.47. The fraction of sp³-hybridized carbons (Fsp3) is 0.571. The van der Waals surface area contributed by atoms with E-state index in [9.17, 15) is 22.8 Å². The van der Waals surface area contributed by atoms with Crippen LogP contribution < -0.4 is 14.8 Å². The average Bonchev–Trinajstić information content (AvgIpc) is 3.69. The van der Waals surface area contributed by atoms with Crippen LogP contribution in [0, 0.1) is 11.3 Å². The van der Waals surface area contributed by atoms with Gasteiger partial charge in [-0.05, 0) is 103 Å². The van der Waals surface area contributed by atoms with Crippen molar-refractivity contribution in [3.05, 3.63) is 53.3 Å². The lowest BCUT2D eigenvalue weighted by Gasteiger charge is -2.36. The maximum Gasteiger partial charge on any atom is 0.410 e. The fourth-order valence-corrected chi connectivity index (χ4v) is 7.74. The Morgan fingerprint density at radius 3 is 2.49 bits per heavy atom. The van der Waals surface area contributed by atoms with Crippen LogP contribution in [0.1, 0.15) is 83.5 Å². The lowest BCUT2D eigenvalue weighted by atomic mass is 9.45. The molecule has 2 amide bonds. The Morgan fingerprint density at radius 1 is 1.09 bits per heavy atom. The predicted molar refractivity (Wildman–Crippen MR) is 204 cm³/mol. The SMILES string of the molecule is BC(B)(CCOc1ccn(-c2ccc(C(=O)NSc3cccc(NCCCC4CN(C(=O)OC(C)(C)C)C(C)(C)C4)n3)c(Cl)n2)n1)C1(C(F)(F)F)CC1. The van der Waals surface area contributed by atoms with Crippen LogP contribution in [-0.4, -0.2) is 89.4 Å². The molecule has 11 nitrogen and oxygen atoms in total. The summed E-state index contributed by atoms with van der Waals surface area (Å²) in [7, 11) is 3.27. The van der Waals surface area contributed by atoms with Crippen molar-refractivity contribution in [2.75, 3.05) is 25.0 Å². The zero-order valence-electron chi connectivity index (χ0n) is 31.3. The van der Waals surface area contributed by atoms with E-state index in [0.717, 1.165) is 31.2 Å². The van der Waals surface area contributed by atoms with Gasteiger partial charge < -0.3 is 19.7 Å². The van der Waals surface area contributed by atoms with Crippen LogP contribution in [0.3, 0.4) is 0 Å². The molecule has 2 fully saturated rings. The average molecular weight is 776 g/mol. The molecule has 5 rings (SSSR count). The van der Waals surface area contributed by atoms with Crippen LogP contribution in [0.5, 0.6) is 5.88 Å². The van der Waals surface area contributed by atoms with Gasteiger partial charge in [0.05, 0.1) is 17.6 Å². The van der Waals surface area contributed by atoms with Crippen molar-refractivity contribution in [1.82, 2.24) is 29.4 Å². The lowest BCUT2D eigenvalue weighted by molar-refractivity contribution is -0.192. The summed E-state index contributed by atoms with van der Waals surface area (Å²) >= 11 is 7.44. The van der Waals surface area contributed by atoms with Crippen LogP contribution in [0.2, 0.25) is 10.4 Å². The van der Waals surface area contributed by atoms with Crippen molar-refractivity contribution in [1.29, 1.82) is 0 Å². The minimum Gasteiger partial charge on any atom is -0.477 e. The maximum absolute atomic E-state index is 13.6. The Balaban J connectivity index is 1.06. The van der Waals surface area contributed by atoms with E-state index in [-0.39, 0.29) is 54.1 Å². The Hall–Kier alpha value is -3.59. The normalized spacial score (nSPS) is 18.1. The summed E-state index contributed by atoms with van der Waals surface area (Å²) in [5.41, 5.74) is -2.29. The summed E-state index contributed by atoms with van der Waals surface area (Å²) in [6, 6.07) is 10.2. The quantitative estimate of drug-likeness (QED) is 0.0821. The number of amides is 2. The number of ether oxygens (including phenoxy) is 2. The van der Waals surface area contributed by atoms with Crippen molar-refractivity contribution in [3.63, 3.8) is 0 Å². The number of alkyl halides is 3. The molecule has 3 aromatic heterocycles. The van der Waals surface area contributed by atoms with Crippen molar-refractivity contribution in [3.8, 4) is 11.7 Å². The second-order valence-corrected chi connectivity index (χ2v) is 17.3. The molecule has 1 unspecified atom stereocenters. The van der Waals surface area contributed by atoms with Crippen LogP contribution in [0.25, 0.3) is 5.82 Å². The van der Waals surface area contributed by atoms with Gasteiger partial charge in [0, 0.05) is 42.8 Å². The van der Waals surface area contributed by atoms with Crippen molar-refractivity contribution in [2.24, 2.45) is 11.3 Å². The fourth-order valence-electron chi connectivity index (χ4n) is 6.90. The largest absolute Gasteiger partial charge is 0.477 e. The van der Waals surface area contributed by atoms with Crippen molar-refractivity contribution < 1.29 is 32.2 Å². The third kappa shape index (κ3) is 9.94. The summed E-state index contributed by atoms with van der Waals surface area (Å²) in [5.74, 6) is 1.17. The molecule has 53 heavy (non-hydrogen) atoms. The Kier molecular flexibility index (Phi) is 12.0. The molecule has 1 atom stereocenters. The minimum atomic E-state index is -4.24. The van der Waals surface area contributed by atoms with Gasteiger partial charge in [-0.2, -0.15) is 13.2 Å². The molecule has 2 N–H and O–H groups in total. The van der Waals surface area contributed by atoms with Crippen LogP contribution >= 0.6 is 23.5 Å². The number of anilines is 1. The molecule has 1 saturated heterocycles. The number of carbonyl (C=O) groups excluding carboxylic acids is 2. The van der Waals surface area contributed by atoms with Gasteiger partial charge in [0.2, 0.25) is 5.88 Å². The third-order valence-electron chi connectivity index (χ3n) is 10.1. The molecule has 1 aliphatic heterocycles. The van der Waals surface area contributed by atoms with Crippen molar-refractivity contribution >= 4 is 57.1 Å². The van der Waals surface area contributed by atoms with Gasteiger partial charge in [-0.1, -0.05) is 22.9 Å². The van der Waals surface area contributed by atoms with E-state index in [1.165, 1.54) is 10.7 Å². The van der Waals surface area contributed by atoms with Gasteiger partial charge in [0.1, 0.15) is 37.3 Å². The number of aromatic nitrogens is 4. The monoisotopic (exact) mass is 775 g/mol. The van der Waals surface area contributed by atoms with E-state index >= 15 is 0 Å². The summed E-state index contributed by atoms with van der Waals surface area (Å²) in [6.45, 7) is 11.2. The zero-order chi connectivity index (χ0) is 38.8. The number of carbonyl (C=O) groups is 2. The Bertz CT molecular complexity index is 1790. The number of hydrogen-bond donors (Lipinski definition) is 2. The topological polar surface area (TPSA) is 124 Å². The number of rotatable bonds is 14. The summed E-state index contributed by atoms with van der Waals surface area (Å²) in [6.07, 6.45) is 0.352. The molecule has 0 bridgehead atoms. The molecule has 4 heterocycles. The Labute approximate surface area is 319 Å². The van der Waals surface area contributed by atoms with E-state index in [2.05, 4.69) is 39.0 Å². The second-order valence-electron chi connectivity index (χ2n) is 16.1. The molecular weight excluding hydrogens is 729 g/mol. The van der Waals surface area contributed by atoms with Gasteiger partial charge >= 0.3 is 12.3 Å². The van der Waals surface area contributed by atoms with Crippen LogP contribution in [0.15, 0.2) is 47.6 Å². The number of hydrogen-bond acceptors (Lipinski definition) is 9. The second kappa shape index (κ2) is 15.6.